The number of methoxy groups -OCH3 is 2. The Labute approximate surface area is 285 Å². The number of halogens is 3. The molecule has 0 N–H and O–H groups in total. The van der Waals surface area contributed by atoms with Gasteiger partial charge in [0.15, 0.2) is 15.1 Å². The maximum absolute atomic E-state index is 14.0. The molecule has 0 fully saturated rings. The van der Waals surface area contributed by atoms with Gasteiger partial charge in [0.25, 0.3) is 5.56 Å². The Morgan fingerprint density at radius 3 is 2.53 bits per heavy atom. The van der Waals surface area contributed by atoms with Gasteiger partial charge in [-0.25, -0.2) is 19.8 Å². The van der Waals surface area contributed by atoms with E-state index in [-0.39, 0.29) is 38.4 Å². The lowest BCUT2D eigenvalue weighted by Crippen LogP contribution is -2.40. The molecule has 15 heteroatoms. The molecule has 0 unspecified atom stereocenters. The molecular weight excluding hydrogens is 682 g/mol. The maximum atomic E-state index is 14.0. The van der Waals surface area contributed by atoms with E-state index in [1.165, 1.54) is 24.9 Å². The molecule has 252 valence electrons. The highest BCUT2D eigenvalue weighted by Gasteiger charge is 2.36. The molecule has 0 saturated carbocycles. The number of hydrogen-bond acceptors (Lipinski definition) is 11. The summed E-state index contributed by atoms with van der Waals surface area (Å²) in [4.78, 5) is 40.2. The number of nitrogens with zero attached hydrogens (tertiary/aromatic N) is 4. The van der Waals surface area contributed by atoms with Crippen LogP contribution in [0.5, 0.6) is 11.5 Å². The first-order valence-electron chi connectivity index (χ1n) is 14.7. The molecule has 0 aliphatic carbocycles. The van der Waals surface area contributed by atoms with Gasteiger partial charge >= 0.3 is 12.1 Å². The van der Waals surface area contributed by atoms with Crippen molar-refractivity contribution in [3.05, 3.63) is 115 Å². The molecule has 1 aliphatic rings. The van der Waals surface area contributed by atoms with E-state index in [0.717, 1.165) is 29.2 Å². The number of carbonyl (C=O) groups is 1. The summed E-state index contributed by atoms with van der Waals surface area (Å²) in [5.74, 6) is 0.531. The fourth-order valence-electron chi connectivity index (χ4n) is 5.19. The lowest BCUT2D eigenvalue weighted by atomic mass is 9.95. The lowest BCUT2D eigenvalue weighted by Gasteiger charge is -2.26. The van der Waals surface area contributed by atoms with E-state index in [4.69, 9.17) is 18.6 Å². The largest absolute Gasteiger partial charge is 0.497 e. The Morgan fingerprint density at radius 2 is 1.84 bits per heavy atom. The van der Waals surface area contributed by atoms with E-state index in [2.05, 4.69) is 15.0 Å². The van der Waals surface area contributed by atoms with E-state index in [0.29, 0.717) is 33.1 Å². The highest BCUT2D eigenvalue weighted by Crippen LogP contribution is 2.38. The van der Waals surface area contributed by atoms with Crippen LogP contribution in [0.4, 0.5) is 13.2 Å². The minimum Gasteiger partial charge on any atom is -0.497 e. The summed E-state index contributed by atoms with van der Waals surface area (Å²) < 4.78 is 65.0. The zero-order chi connectivity index (χ0) is 34.9. The smallest absolute Gasteiger partial charge is 0.433 e. The summed E-state index contributed by atoms with van der Waals surface area (Å²) in [5, 5.41) is 0.0445. The fraction of sp³-hybridized carbons (Fsp3) is 0.206. The highest BCUT2D eigenvalue weighted by atomic mass is 32.2. The van der Waals surface area contributed by atoms with Crippen molar-refractivity contribution in [3.63, 3.8) is 0 Å². The van der Waals surface area contributed by atoms with Crippen molar-refractivity contribution in [2.24, 2.45) is 4.99 Å². The molecule has 0 saturated heterocycles. The number of ether oxygens (including phenoxy) is 3. The monoisotopic (exact) mass is 708 g/mol. The van der Waals surface area contributed by atoms with Crippen LogP contribution in [0.25, 0.3) is 17.3 Å². The number of fused-ring (bicyclic) bond motifs is 1. The van der Waals surface area contributed by atoms with Gasteiger partial charge < -0.3 is 18.6 Å². The summed E-state index contributed by atoms with van der Waals surface area (Å²) in [7, 11) is 2.99. The third kappa shape index (κ3) is 6.89. The maximum Gasteiger partial charge on any atom is 0.433 e. The Kier molecular flexibility index (Phi) is 9.48. The summed E-state index contributed by atoms with van der Waals surface area (Å²) in [6.07, 6.45) is -3.19. The van der Waals surface area contributed by atoms with Crippen LogP contribution in [0.1, 0.15) is 36.9 Å². The molecule has 0 radical (unpaired) electrons. The van der Waals surface area contributed by atoms with Crippen LogP contribution in [-0.2, 0) is 15.7 Å². The first-order chi connectivity index (χ1) is 23.5. The SMILES string of the molecule is CCOC(=O)C1=C(C)N=c2s/c(=C/c3ccc(Sc4nc(-c5ccccc5)cc(C(F)(F)F)n4)o3)c(=O)n2[C@@H]1c1ccc(OC)cc1OC. The number of alkyl halides is 3. The van der Waals surface area contributed by atoms with E-state index in [9.17, 15) is 22.8 Å². The predicted octanol–water partition coefficient (Wildman–Crippen LogP) is 6.04. The van der Waals surface area contributed by atoms with E-state index >= 15 is 0 Å². The fourth-order valence-corrected chi connectivity index (χ4v) is 6.96. The van der Waals surface area contributed by atoms with Crippen molar-refractivity contribution in [3.8, 4) is 22.8 Å². The van der Waals surface area contributed by atoms with Gasteiger partial charge in [0.1, 0.15) is 29.0 Å². The normalized spacial score (nSPS) is 14.8. The van der Waals surface area contributed by atoms with Crippen LogP contribution in [0, 0.1) is 0 Å². The zero-order valence-electron chi connectivity index (χ0n) is 26.4. The van der Waals surface area contributed by atoms with Crippen LogP contribution in [0.2, 0.25) is 0 Å². The molecule has 4 heterocycles. The van der Waals surface area contributed by atoms with E-state index in [1.54, 1.807) is 74.5 Å². The van der Waals surface area contributed by atoms with Crippen molar-refractivity contribution in [1.82, 2.24) is 14.5 Å². The number of hydrogen-bond donors (Lipinski definition) is 0. The number of rotatable bonds is 9. The quantitative estimate of drug-likeness (QED) is 0.134. The highest BCUT2D eigenvalue weighted by molar-refractivity contribution is 7.99. The van der Waals surface area contributed by atoms with Crippen molar-refractivity contribution in [2.75, 3.05) is 20.8 Å². The average molecular weight is 709 g/mol. The van der Waals surface area contributed by atoms with Gasteiger partial charge in [-0.3, -0.25) is 9.36 Å². The molecular formula is C34H27F3N4O6S2. The first-order valence-corrected chi connectivity index (χ1v) is 16.3. The van der Waals surface area contributed by atoms with Gasteiger partial charge in [0.2, 0.25) is 0 Å². The Hall–Kier alpha value is -5.15. The molecule has 0 bridgehead atoms. The van der Waals surface area contributed by atoms with Crippen molar-refractivity contribution < 1.29 is 36.6 Å². The summed E-state index contributed by atoms with van der Waals surface area (Å²) in [6, 6.07) is 16.6. The van der Waals surface area contributed by atoms with Gasteiger partial charge in [-0.05, 0) is 55.9 Å². The Bertz CT molecular complexity index is 2260. The van der Waals surface area contributed by atoms with Crippen LogP contribution in [0.15, 0.2) is 102 Å². The number of thiazole rings is 1. The van der Waals surface area contributed by atoms with Gasteiger partial charge in [0.05, 0.1) is 42.3 Å². The van der Waals surface area contributed by atoms with E-state index in [1.807, 2.05) is 0 Å². The Morgan fingerprint density at radius 1 is 1.06 bits per heavy atom. The van der Waals surface area contributed by atoms with Gasteiger partial charge in [-0.2, -0.15) is 13.2 Å². The molecule has 6 rings (SSSR count). The van der Waals surface area contributed by atoms with Crippen LogP contribution < -0.4 is 24.4 Å². The summed E-state index contributed by atoms with van der Waals surface area (Å²) in [6.45, 7) is 3.47. The van der Waals surface area contributed by atoms with Gasteiger partial charge in [0, 0.05) is 23.3 Å². The number of allylic oxidation sites excluding steroid dienone is 1. The summed E-state index contributed by atoms with van der Waals surface area (Å²) >= 11 is 1.90. The molecule has 0 spiro atoms. The molecule has 1 atom stereocenters. The molecule has 0 amide bonds. The Balaban J connectivity index is 1.40. The van der Waals surface area contributed by atoms with Crippen molar-refractivity contribution in [2.45, 2.75) is 36.3 Å². The minimum absolute atomic E-state index is 0.110. The number of furan rings is 1. The third-order valence-electron chi connectivity index (χ3n) is 7.39. The van der Waals surface area contributed by atoms with Crippen molar-refractivity contribution in [1.29, 1.82) is 0 Å². The molecule has 1 aliphatic heterocycles. The second-order valence-electron chi connectivity index (χ2n) is 10.5. The predicted molar refractivity (Wildman–Crippen MR) is 175 cm³/mol. The number of benzene rings is 2. The van der Waals surface area contributed by atoms with Crippen LogP contribution >= 0.6 is 23.1 Å². The average Bonchev–Trinajstić information content (AvgIpc) is 3.66. The number of esters is 1. The number of carbonyl (C=O) groups excluding carboxylic acids is 1. The molecule has 3 aromatic heterocycles. The zero-order valence-corrected chi connectivity index (χ0v) is 28.0. The molecule has 2 aromatic carbocycles. The van der Waals surface area contributed by atoms with E-state index < -0.39 is 29.4 Å². The van der Waals surface area contributed by atoms with Gasteiger partial charge in [-0.1, -0.05) is 41.7 Å². The summed E-state index contributed by atoms with van der Waals surface area (Å²) in [5.41, 5.74) is 0.135. The first kappa shape index (κ1) is 33.7. The number of aromatic nitrogens is 3. The van der Waals surface area contributed by atoms with Crippen LogP contribution in [-0.4, -0.2) is 41.3 Å². The molecule has 10 nitrogen and oxygen atoms in total. The standard InChI is InChI=1S/C34H27F3N4O6S2/c1-5-46-31(43)28-18(2)38-33-41(29(28)22-13-11-20(44-3)15-24(22)45-4)30(42)25(48-33)16-21-12-14-27(47-21)49-32-39-23(19-9-7-6-8-10-19)17-26(40-32)34(35,36)37/h6-17,29H,5H2,1-4H3/b25-16+/t29-/m1/s1. The second kappa shape index (κ2) is 13.8. The molecule has 49 heavy (non-hydrogen) atoms. The van der Waals surface area contributed by atoms with Gasteiger partial charge in [-0.15, -0.1) is 0 Å². The lowest BCUT2D eigenvalue weighted by molar-refractivity contribution is -0.141. The van der Waals surface area contributed by atoms with Crippen molar-refractivity contribution >= 4 is 35.1 Å². The molecule has 5 aromatic rings. The van der Waals surface area contributed by atoms with Crippen LogP contribution in [0.3, 0.4) is 0 Å². The second-order valence-corrected chi connectivity index (χ2v) is 12.4. The topological polar surface area (TPSA) is 118 Å². The minimum atomic E-state index is -4.69. The third-order valence-corrected chi connectivity index (χ3v) is 9.15.